The summed E-state index contributed by atoms with van der Waals surface area (Å²) in [5.41, 5.74) is 2.97. The standard InChI is InChI=1S/C24H30N4O2/c1-16-6-5-7-18(14-16)25-24(29)28-22(15-17-10-12-19(30-2)13-11-17)23-26-20-8-3-4-9-21(20)27-23/h3-4,8-13,16,18,22H,5-7,14-15H2,1-2H3,(H,26,27)(H2,25,28,29)/t16?,18?,22-/m1/s1. The molecule has 0 aliphatic heterocycles. The van der Waals surface area contributed by atoms with Gasteiger partial charge in [0.15, 0.2) is 0 Å². The van der Waals surface area contributed by atoms with E-state index in [0.717, 1.165) is 41.0 Å². The number of imidazole rings is 1. The highest BCUT2D eigenvalue weighted by Gasteiger charge is 2.23. The van der Waals surface area contributed by atoms with Gasteiger partial charge in [0.05, 0.1) is 24.2 Å². The van der Waals surface area contributed by atoms with Crippen LogP contribution in [0.5, 0.6) is 5.75 Å². The summed E-state index contributed by atoms with van der Waals surface area (Å²) in [5, 5.41) is 6.33. The summed E-state index contributed by atoms with van der Waals surface area (Å²) in [6.07, 6.45) is 5.15. The number of para-hydroxylation sites is 2. The minimum atomic E-state index is -0.258. The number of benzene rings is 2. The van der Waals surface area contributed by atoms with E-state index in [2.05, 4.69) is 22.5 Å². The average molecular weight is 407 g/mol. The van der Waals surface area contributed by atoms with Gasteiger partial charge in [-0.3, -0.25) is 0 Å². The maximum Gasteiger partial charge on any atom is 0.315 e. The molecule has 2 unspecified atom stereocenters. The molecule has 1 aromatic heterocycles. The van der Waals surface area contributed by atoms with Crippen LogP contribution in [0.15, 0.2) is 48.5 Å². The summed E-state index contributed by atoms with van der Waals surface area (Å²) >= 11 is 0. The summed E-state index contributed by atoms with van der Waals surface area (Å²) in [6, 6.07) is 15.7. The molecule has 1 aliphatic carbocycles. The van der Waals surface area contributed by atoms with Crippen LogP contribution < -0.4 is 15.4 Å². The van der Waals surface area contributed by atoms with Crippen molar-refractivity contribution in [3.8, 4) is 5.75 Å². The lowest BCUT2D eigenvalue weighted by Gasteiger charge is -2.28. The molecule has 1 aliphatic rings. The Balaban J connectivity index is 1.52. The van der Waals surface area contributed by atoms with E-state index < -0.39 is 0 Å². The lowest BCUT2D eigenvalue weighted by Crippen LogP contribution is -2.45. The molecule has 6 heteroatoms. The summed E-state index contributed by atoms with van der Waals surface area (Å²) in [5.74, 6) is 2.24. The first-order chi connectivity index (χ1) is 14.6. The Morgan fingerprint density at radius 1 is 1.20 bits per heavy atom. The molecule has 0 radical (unpaired) electrons. The molecule has 1 fully saturated rings. The van der Waals surface area contributed by atoms with Gasteiger partial charge in [-0.05, 0) is 55.0 Å². The third-order valence-corrected chi connectivity index (χ3v) is 5.91. The normalized spacial score (nSPS) is 19.9. The molecule has 1 saturated carbocycles. The number of rotatable bonds is 6. The first kappa shape index (κ1) is 20.3. The van der Waals surface area contributed by atoms with E-state index in [-0.39, 0.29) is 18.1 Å². The largest absolute Gasteiger partial charge is 0.497 e. The van der Waals surface area contributed by atoms with Crippen LogP contribution in [0.4, 0.5) is 4.79 Å². The van der Waals surface area contributed by atoms with Gasteiger partial charge in [0.2, 0.25) is 0 Å². The molecular formula is C24H30N4O2. The number of urea groups is 1. The quantitative estimate of drug-likeness (QED) is 0.553. The number of carbonyl (C=O) groups excluding carboxylic acids is 1. The maximum absolute atomic E-state index is 12.8. The van der Waals surface area contributed by atoms with Crippen LogP contribution in [0, 0.1) is 5.92 Å². The number of amides is 2. The fourth-order valence-electron chi connectivity index (χ4n) is 4.30. The number of ether oxygens (including phenoxy) is 1. The van der Waals surface area contributed by atoms with Gasteiger partial charge < -0.3 is 20.4 Å². The number of aromatic amines is 1. The van der Waals surface area contributed by atoms with E-state index >= 15 is 0 Å². The predicted octanol–water partition coefficient (Wildman–Crippen LogP) is 4.73. The Morgan fingerprint density at radius 3 is 2.73 bits per heavy atom. The maximum atomic E-state index is 12.8. The summed E-state index contributed by atoms with van der Waals surface area (Å²) in [6.45, 7) is 2.26. The fraction of sp³-hybridized carbons (Fsp3) is 0.417. The van der Waals surface area contributed by atoms with Gasteiger partial charge in [-0.25, -0.2) is 9.78 Å². The average Bonchev–Trinajstić information content (AvgIpc) is 3.18. The van der Waals surface area contributed by atoms with Crippen molar-refractivity contribution < 1.29 is 9.53 Å². The number of aromatic nitrogens is 2. The molecule has 3 aromatic rings. The van der Waals surface area contributed by atoms with Crippen molar-refractivity contribution in [1.29, 1.82) is 0 Å². The number of H-pyrrole nitrogens is 1. The van der Waals surface area contributed by atoms with Gasteiger partial charge in [0.1, 0.15) is 11.6 Å². The van der Waals surface area contributed by atoms with Crippen LogP contribution in [0.25, 0.3) is 11.0 Å². The van der Waals surface area contributed by atoms with Crippen molar-refractivity contribution >= 4 is 17.1 Å². The van der Waals surface area contributed by atoms with E-state index in [0.29, 0.717) is 12.3 Å². The molecule has 2 aromatic carbocycles. The Labute approximate surface area is 177 Å². The molecule has 1 heterocycles. The Kier molecular flexibility index (Phi) is 6.21. The van der Waals surface area contributed by atoms with E-state index in [1.807, 2.05) is 48.5 Å². The molecule has 158 valence electrons. The Hall–Kier alpha value is -3.02. The first-order valence-electron chi connectivity index (χ1n) is 10.8. The molecule has 0 spiro atoms. The van der Waals surface area contributed by atoms with Crippen molar-refractivity contribution in [3.63, 3.8) is 0 Å². The van der Waals surface area contributed by atoms with Crippen LogP contribution in [0.2, 0.25) is 0 Å². The van der Waals surface area contributed by atoms with Gasteiger partial charge in [-0.2, -0.15) is 0 Å². The summed E-state index contributed by atoms with van der Waals surface area (Å²) < 4.78 is 5.26. The zero-order valence-corrected chi connectivity index (χ0v) is 17.7. The molecule has 6 nitrogen and oxygen atoms in total. The Bertz CT molecular complexity index is 949. The molecule has 3 atom stereocenters. The van der Waals surface area contributed by atoms with E-state index in [9.17, 15) is 4.79 Å². The second kappa shape index (κ2) is 9.20. The van der Waals surface area contributed by atoms with Gasteiger partial charge in [0, 0.05) is 6.04 Å². The molecule has 30 heavy (non-hydrogen) atoms. The zero-order chi connectivity index (χ0) is 20.9. The second-order valence-electron chi connectivity index (χ2n) is 8.33. The van der Waals surface area contributed by atoms with Crippen LogP contribution in [0.3, 0.4) is 0 Å². The van der Waals surface area contributed by atoms with Crippen molar-refractivity contribution in [2.45, 2.75) is 51.1 Å². The summed E-state index contributed by atoms with van der Waals surface area (Å²) in [4.78, 5) is 20.9. The third kappa shape index (κ3) is 4.93. The molecule has 4 rings (SSSR count). The number of hydrogen-bond donors (Lipinski definition) is 3. The lowest BCUT2D eigenvalue weighted by atomic mass is 9.87. The zero-order valence-electron chi connectivity index (χ0n) is 17.7. The topological polar surface area (TPSA) is 79.0 Å². The van der Waals surface area contributed by atoms with Gasteiger partial charge >= 0.3 is 6.03 Å². The first-order valence-corrected chi connectivity index (χ1v) is 10.8. The van der Waals surface area contributed by atoms with Gasteiger partial charge in [0.25, 0.3) is 0 Å². The van der Waals surface area contributed by atoms with Crippen molar-refractivity contribution in [2.24, 2.45) is 5.92 Å². The predicted molar refractivity (Wildman–Crippen MR) is 119 cm³/mol. The number of nitrogens with one attached hydrogen (secondary N) is 3. The van der Waals surface area contributed by atoms with Crippen LogP contribution >= 0.6 is 0 Å². The lowest BCUT2D eigenvalue weighted by molar-refractivity contribution is 0.223. The second-order valence-corrected chi connectivity index (χ2v) is 8.33. The number of nitrogens with zero attached hydrogens (tertiary/aromatic N) is 1. The van der Waals surface area contributed by atoms with E-state index in [1.54, 1.807) is 7.11 Å². The Morgan fingerprint density at radius 2 is 2.00 bits per heavy atom. The molecule has 2 amide bonds. The van der Waals surface area contributed by atoms with Crippen molar-refractivity contribution in [2.75, 3.05) is 7.11 Å². The SMILES string of the molecule is COc1ccc(C[C@@H](NC(=O)NC2CCCC(C)C2)c2nc3ccccc3[nH]2)cc1. The van der Waals surface area contributed by atoms with Crippen LogP contribution in [0.1, 0.15) is 50.0 Å². The third-order valence-electron chi connectivity index (χ3n) is 5.91. The minimum Gasteiger partial charge on any atom is -0.497 e. The van der Waals surface area contributed by atoms with Gasteiger partial charge in [-0.1, -0.05) is 44.0 Å². The smallest absolute Gasteiger partial charge is 0.315 e. The number of fused-ring (bicyclic) bond motifs is 1. The molecule has 0 saturated heterocycles. The molecule has 3 N–H and O–H groups in total. The minimum absolute atomic E-state index is 0.131. The fourth-order valence-corrected chi connectivity index (χ4v) is 4.30. The highest BCUT2D eigenvalue weighted by atomic mass is 16.5. The van der Waals surface area contributed by atoms with Gasteiger partial charge in [-0.15, -0.1) is 0 Å². The van der Waals surface area contributed by atoms with E-state index in [1.165, 1.54) is 12.8 Å². The summed E-state index contributed by atoms with van der Waals surface area (Å²) in [7, 11) is 1.66. The number of carbonyl (C=O) groups is 1. The van der Waals surface area contributed by atoms with Crippen molar-refractivity contribution in [3.05, 3.63) is 59.9 Å². The van der Waals surface area contributed by atoms with E-state index in [4.69, 9.17) is 9.72 Å². The monoisotopic (exact) mass is 406 g/mol. The van der Waals surface area contributed by atoms with Crippen LogP contribution in [-0.2, 0) is 6.42 Å². The number of methoxy groups -OCH3 is 1. The number of hydrogen-bond acceptors (Lipinski definition) is 3. The van der Waals surface area contributed by atoms with Crippen LogP contribution in [-0.4, -0.2) is 29.2 Å². The highest BCUT2D eigenvalue weighted by molar-refractivity contribution is 5.76. The van der Waals surface area contributed by atoms with Crippen molar-refractivity contribution in [1.82, 2.24) is 20.6 Å². The molecule has 0 bridgehead atoms. The highest BCUT2D eigenvalue weighted by Crippen LogP contribution is 2.24. The molecular weight excluding hydrogens is 376 g/mol.